The van der Waals surface area contributed by atoms with Gasteiger partial charge in [-0.15, -0.1) is 0 Å². The van der Waals surface area contributed by atoms with Crippen molar-refractivity contribution in [3.05, 3.63) is 181 Å². The molecule has 1 aromatic heterocycles. The molecule has 0 saturated carbocycles. The maximum atomic E-state index is 2.26. The zero-order valence-corrected chi connectivity index (χ0v) is 26.0. The van der Waals surface area contributed by atoms with Crippen LogP contribution in [0.1, 0.15) is 18.1 Å². The first-order valence-electron chi connectivity index (χ1n) is 15.4. The van der Waals surface area contributed by atoms with E-state index in [1.165, 1.54) is 38.7 Å². The Morgan fingerprint density at radius 3 is 1.14 bits per heavy atom. The molecule has 2 nitrogen and oxygen atoms in total. The van der Waals surface area contributed by atoms with E-state index in [4.69, 9.17) is 0 Å². The maximum absolute atomic E-state index is 2.26. The first-order valence-corrected chi connectivity index (χ1v) is 15.4. The highest BCUT2D eigenvalue weighted by Gasteiger charge is 2.31. The van der Waals surface area contributed by atoms with Crippen LogP contribution >= 0.6 is 0 Å². The minimum atomic E-state index is -1.22. The van der Waals surface area contributed by atoms with E-state index >= 15 is 0 Å². The van der Waals surface area contributed by atoms with Gasteiger partial charge in [0.25, 0.3) is 0 Å². The Hall–Kier alpha value is -5.15. The molecule has 0 aliphatic heterocycles. The highest BCUT2D eigenvalue weighted by molar-refractivity contribution is 7.19. The Morgan fingerprint density at radius 1 is 0.477 bits per heavy atom. The second kappa shape index (κ2) is 14.8. The molecular weight excluding hydrogens is 531 g/mol. The van der Waals surface area contributed by atoms with Gasteiger partial charge in [0, 0.05) is 31.9 Å². The summed E-state index contributed by atoms with van der Waals surface area (Å²) in [6, 6.07) is 56.3. The van der Waals surface area contributed by atoms with Crippen molar-refractivity contribution in [2.24, 2.45) is 0 Å². The summed E-state index contributed by atoms with van der Waals surface area (Å²) in [6.45, 7) is 3.15. The molecule has 3 heteroatoms. The average Bonchev–Trinajstić information content (AvgIpc) is 3.10. The smallest absolute Gasteiger partial charge is 0.169 e. The number of hydrogen-bond acceptors (Lipinski definition) is 1. The van der Waals surface area contributed by atoms with Gasteiger partial charge in [0.1, 0.15) is 12.7 Å². The molecule has 44 heavy (non-hydrogen) atoms. The molecule has 0 spiro atoms. The molecule has 218 valence electrons. The predicted octanol–water partition coefficient (Wildman–Crippen LogP) is 6.29. The molecule has 0 unspecified atom stereocenters. The van der Waals surface area contributed by atoms with Crippen LogP contribution in [0.2, 0.25) is 0 Å². The normalized spacial score (nSPS) is 11.1. The number of hydrogen-bond donors (Lipinski definition) is 0. The molecule has 1 heterocycles. The van der Waals surface area contributed by atoms with E-state index in [0.717, 1.165) is 6.54 Å². The van der Waals surface area contributed by atoms with E-state index in [-0.39, 0.29) is 0 Å². The molecule has 0 aliphatic rings. The fraction of sp³-hybridized carbons (Fsp3) is 0.0976. The van der Waals surface area contributed by atoms with Gasteiger partial charge in [-0.3, -0.25) is 0 Å². The summed E-state index contributed by atoms with van der Waals surface area (Å²) >= 11 is 0. The molecule has 0 amide bonds. The predicted molar refractivity (Wildman–Crippen MR) is 192 cm³/mol. The van der Waals surface area contributed by atoms with Crippen LogP contribution in [0.4, 0.5) is 5.69 Å². The molecule has 0 radical (unpaired) electrons. The van der Waals surface area contributed by atoms with E-state index in [1.54, 1.807) is 0 Å². The molecule has 6 rings (SSSR count). The summed E-state index contributed by atoms with van der Waals surface area (Å²) < 4.78 is 2.16. The molecular formula is C41H41BN2. The van der Waals surface area contributed by atoms with E-state index in [1.807, 2.05) is 0 Å². The summed E-state index contributed by atoms with van der Waals surface area (Å²) in [5.74, 6) is 0. The lowest BCUT2D eigenvalue weighted by Gasteiger charge is -2.44. The Labute approximate surface area is 263 Å². The fourth-order valence-corrected chi connectivity index (χ4v) is 5.99. The number of rotatable bonds is 8. The Kier molecular flexibility index (Phi) is 10.2. The zero-order valence-electron chi connectivity index (χ0n) is 26.0. The van der Waals surface area contributed by atoms with E-state index < -0.39 is 6.15 Å². The summed E-state index contributed by atoms with van der Waals surface area (Å²) in [4.78, 5) is 2.11. The number of pyridine rings is 1. The summed E-state index contributed by atoms with van der Waals surface area (Å²) in [7, 11) is 4.11. The van der Waals surface area contributed by atoms with Crippen molar-refractivity contribution >= 4 is 45.8 Å². The lowest BCUT2D eigenvalue weighted by molar-refractivity contribution is -0.693. The summed E-state index contributed by atoms with van der Waals surface area (Å²) in [6.07, 6.45) is 7.28. The highest BCUT2D eigenvalue weighted by atomic mass is 15.1. The SMILES string of the molecule is CC[n+]1ccc(/C=C/c2ccc(N(C)C)cc2)cc1.c1ccc([B-](c2ccccc2)(c2ccccc2)c2ccccc2)cc1. The van der Waals surface area contributed by atoms with Gasteiger partial charge >= 0.3 is 0 Å². The van der Waals surface area contributed by atoms with Gasteiger partial charge < -0.3 is 4.90 Å². The Bertz CT molecular complexity index is 1550. The minimum Gasteiger partial charge on any atom is -0.378 e. The van der Waals surface area contributed by atoms with Gasteiger partial charge in [0.05, 0.1) is 0 Å². The van der Waals surface area contributed by atoms with Crippen LogP contribution in [0.5, 0.6) is 0 Å². The van der Waals surface area contributed by atoms with Gasteiger partial charge in [-0.1, -0.05) is 146 Å². The van der Waals surface area contributed by atoms with Gasteiger partial charge in [-0.25, -0.2) is 4.57 Å². The summed E-state index contributed by atoms with van der Waals surface area (Å²) in [5, 5.41) is 0. The van der Waals surface area contributed by atoms with Crippen LogP contribution in [0, 0.1) is 0 Å². The molecule has 5 aromatic carbocycles. The minimum absolute atomic E-state index is 1.01. The number of aromatic nitrogens is 1. The van der Waals surface area contributed by atoms with Crippen LogP contribution in [-0.4, -0.2) is 20.2 Å². The van der Waals surface area contributed by atoms with Crippen LogP contribution in [0.25, 0.3) is 12.2 Å². The number of aryl methyl sites for hydroxylation is 1. The van der Waals surface area contributed by atoms with Crippen molar-refractivity contribution in [1.82, 2.24) is 0 Å². The maximum Gasteiger partial charge on any atom is 0.169 e. The van der Waals surface area contributed by atoms with Crippen LogP contribution in [0.15, 0.2) is 170 Å². The number of anilines is 1. The quantitative estimate of drug-likeness (QED) is 0.154. The Balaban J connectivity index is 0.000000182. The third-order valence-electron chi connectivity index (χ3n) is 8.36. The van der Waals surface area contributed by atoms with Crippen LogP contribution in [0.3, 0.4) is 0 Å². The average molecular weight is 573 g/mol. The van der Waals surface area contributed by atoms with Crippen molar-refractivity contribution in [3.8, 4) is 0 Å². The third kappa shape index (κ3) is 7.07. The molecule has 0 atom stereocenters. The lowest BCUT2D eigenvalue weighted by Crippen LogP contribution is -2.74. The monoisotopic (exact) mass is 572 g/mol. The lowest BCUT2D eigenvalue weighted by atomic mass is 9.13. The van der Waals surface area contributed by atoms with Crippen LogP contribution in [-0.2, 0) is 6.54 Å². The van der Waals surface area contributed by atoms with Crippen LogP contribution < -0.4 is 31.3 Å². The van der Waals surface area contributed by atoms with Crippen molar-refractivity contribution in [2.75, 3.05) is 19.0 Å². The molecule has 0 fully saturated rings. The third-order valence-corrected chi connectivity index (χ3v) is 8.36. The topological polar surface area (TPSA) is 7.12 Å². The molecule has 0 saturated heterocycles. The van der Waals surface area contributed by atoms with Crippen molar-refractivity contribution in [2.45, 2.75) is 13.5 Å². The summed E-state index contributed by atoms with van der Waals surface area (Å²) in [5.41, 5.74) is 9.02. The van der Waals surface area contributed by atoms with Gasteiger partial charge in [-0.2, -0.15) is 21.9 Å². The first-order chi connectivity index (χ1) is 21.6. The molecule has 0 aliphatic carbocycles. The zero-order chi connectivity index (χ0) is 30.6. The number of nitrogens with zero attached hydrogens (tertiary/aromatic N) is 2. The first kappa shape index (κ1) is 30.3. The largest absolute Gasteiger partial charge is 0.378 e. The second-order valence-electron chi connectivity index (χ2n) is 11.3. The van der Waals surface area contributed by atoms with Crippen molar-refractivity contribution in [1.29, 1.82) is 0 Å². The van der Waals surface area contributed by atoms with E-state index in [9.17, 15) is 0 Å². The van der Waals surface area contributed by atoms with Gasteiger partial charge in [0.15, 0.2) is 12.4 Å². The number of benzene rings is 5. The van der Waals surface area contributed by atoms with E-state index in [0.29, 0.717) is 0 Å². The fourth-order valence-electron chi connectivity index (χ4n) is 5.99. The van der Waals surface area contributed by atoms with Gasteiger partial charge in [-0.05, 0) is 30.2 Å². The van der Waals surface area contributed by atoms with Crippen molar-refractivity contribution in [3.63, 3.8) is 0 Å². The van der Waals surface area contributed by atoms with Crippen molar-refractivity contribution < 1.29 is 4.57 Å². The molecule has 0 bridgehead atoms. The van der Waals surface area contributed by atoms with Gasteiger partial charge in [0.2, 0.25) is 0 Å². The standard InChI is InChI=1S/C24H20B.C17H21N2/c1-5-13-21(14-6-1)25(22-15-7-2-8-16-22,23-17-9-3-10-18-23)24-19-11-4-12-20-24;1-4-19-13-11-16(12-14-19)6-5-15-7-9-17(10-8-15)18(2)3/h1-20H;5-14H,4H2,1-3H3/q-1;+1. The second-order valence-corrected chi connectivity index (χ2v) is 11.3. The Morgan fingerprint density at radius 2 is 0.818 bits per heavy atom. The molecule has 0 N–H and O–H groups in total. The van der Waals surface area contributed by atoms with E-state index in [2.05, 4.69) is 213 Å². The highest BCUT2D eigenvalue weighted by Crippen LogP contribution is 2.14. The molecule has 6 aromatic rings.